The minimum Gasteiger partial charge on any atom is -0.455 e. The summed E-state index contributed by atoms with van der Waals surface area (Å²) in [4.78, 5) is 17.1. The van der Waals surface area contributed by atoms with Crippen LogP contribution in [0.3, 0.4) is 0 Å². The van der Waals surface area contributed by atoms with Crippen LogP contribution < -0.4 is 10.1 Å². The number of nitrogens with one attached hydrogen (secondary N) is 1. The number of amides is 1. The largest absolute Gasteiger partial charge is 0.455 e. The maximum Gasteiger partial charge on any atom is 0.238 e. The van der Waals surface area contributed by atoms with E-state index in [4.69, 9.17) is 9.26 Å². The number of hydrogen-bond acceptors (Lipinski definition) is 6. The third-order valence-electron chi connectivity index (χ3n) is 5.30. The van der Waals surface area contributed by atoms with Crippen molar-refractivity contribution < 1.29 is 14.1 Å². The second-order valence-corrected chi connectivity index (χ2v) is 7.95. The lowest BCUT2D eigenvalue weighted by Gasteiger charge is -2.33. The van der Waals surface area contributed by atoms with Crippen molar-refractivity contribution in [1.29, 1.82) is 0 Å². The Hall–Kier alpha value is -3.16. The standard InChI is InChI=1S/C24H28N4O3/c1-18-7-9-20(10-8-18)30-23-6-4-3-5-22(23)25-24(29)17-28-13-11-27(12-14-28)16-21-15-19(2)26-31-21/h3-10,15H,11-14,16-17H2,1-2H3,(H,25,29). The number of hydrogen-bond donors (Lipinski definition) is 1. The molecule has 0 atom stereocenters. The molecule has 2 aromatic carbocycles. The van der Waals surface area contributed by atoms with Gasteiger partial charge in [-0.05, 0) is 38.1 Å². The van der Waals surface area contributed by atoms with Gasteiger partial charge in [0.05, 0.1) is 24.5 Å². The number of aromatic nitrogens is 1. The number of carbonyl (C=O) groups is 1. The van der Waals surface area contributed by atoms with Crippen LogP contribution in [-0.2, 0) is 11.3 Å². The lowest BCUT2D eigenvalue weighted by Crippen LogP contribution is -2.48. The van der Waals surface area contributed by atoms with Gasteiger partial charge in [0.1, 0.15) is 5.75 Å². The van der Waals surface area contributed by atoms with Gasteiger partial charge in [-0.1, -0.05) is 35.0 Å². The van der Waals surface area contributed by atoms with Crippen molar-refractivity contribution >= 4 is 11.6 Å². The first-order valence-electron chi connectivity index (χ1n) is 10.6. The van der Waals surface area contributed by atoms with E-state index in [1.807, 2.05) is 68.4 Å². The van der Waals surface area contributed by atoms with Gasteiger partial charge in [0.15, 0.2) is 11.5 Å². The van der Waals surface area contributed by atoms with E-state index in [2.05, 4.69) is 20.3 Å². The fourth-order valence-electron chi connectivity index (χ4n) is 3.60. The monoisotopic (exact) mass is 420 g/mol. The smallest absolute Gasteiger partial charge is 0.238 e. The molecule has 1 aliphatic heterocycles. The predicted octanol–water partition coefficient (Wildman–Crippen LogP) is 3.84. The van der Waals surface area contributed by atoms with Crippen LogP contribution >= 0.6 is 0 Å². The highest BCUT2D eigenvalue weighted by Crippen LogP contribution is 2.29. The molecule has 162 valence electrons. The zero-order chi connectivity index (χ0) is 21.6. The molecular weight excluding hydrogens is 392 g/mol. The lowest BCUT2D eigenvalue weighted by atomic mass is 10.2. The molecule has 1 fully saturated rings. The molecular formula is C24H28N4O3. The van der Waals surface area contributed by atoms with E-state index in [0.29, 0.717) is 18.0 Å². The molecule has 1 N–H and O–H groups in total. The van der Waals surface area contributed by atoms with Crippen molar-refractivity contribution in [2.24, 2.45) is 0 Å². The Balaban J connectivity index is 1.28. The average molecular weight is 421 g/mol. The van der Waals surface area contributed by atoms with Gasteiger partial charge in [0, 0.05) is 32.2 Å². The summed E-state index contributed by atoms with van der Waals surface area (Å²) < 4.78 is 11.3. The van der Waals surface area contributed by atoms with Crippen LogP contribution in [0.2, 0.25) is 0 Å². The van der Waals surface area contributed by atoms with E-state index < -0.39 is 0 Å². The van der Waals surface area contributed by atoms with Crippen LogP contribution in [0.15, 0.2) is 59.1 Å². The first-order valence-corrected chi connectivity index (χ1v) is 10.6. The SMILES string of the molecule is Cc1ccc(Oc2ccccc2NC(=O)CN2CCN(Cc3cc(C)no3)CC2)cc1. The zero-order valence-corrected chi connectivity index (χ0v) is 18.0. The Bertz CT molecular complexity index is 1010. The number of carbonyl (C=O) groups excluding carboxylic acids is 1. The first-order chi connectivity index (χ1) is 15.0. The molecule has 0 spiro atoms. The highest BCUT2D eigenvalue weighted by atomic mass is 16.5. The summed E-state index contributed by atoms with van der Waals surface area (Å²) in [5.41, 5.74) is 2.74. The molecule has 1 saturated heterocycles. The van der Waals surface area contributed by atoms with Crippen LogP contribution in [-0.4, -0.2) is 53.6 Å². The van der Waals surface area contributed by atoms with Gasteiger partial charge in [-0.3, -0.25) is 14.6 Å². The summed E-state index contributed by atoms with van der Waals surface area (Å²) in [7, 11) is 0. The van der Waals surface area contributed by atoms with Crippen molar-refractivity contribution in [3.8, 4) is 11.5 Å². The fourth-order valence-corrected chi connectivity index (χ4v) is 3.60. The molecule has 2 heterocycles. The van der Waals surface area contributed by atoms with E-state index in [-0.39, 0.29) is 5.91 Å². The van der Waals surface area contributed by atoms with Gasteiger partial charge >= 0.3 is 0 Å². The van der Waals surface area contributed by atoms with E-state index in [1.54, 1.807) is 0 Å². The van der Waals surface area contributed by atoms with Crippen LogP contribution in [0.4, 0.5) is 5.69 Å². The van der Waals surface area contributed by atoms with Crippen molar-refractivity contribution in [2.45, 2.75) is 20.4 Å². The molecule has 0 radical (unpaired) electrons. The van der Waals surface area contributed by atoms with Crippen molar-refractivity contribution in [3.63, 3.8) is 0 Å². The summed E-state index contributed by atoms with van der Waals surface area (Å²) in [6.45, 7) is 8.52. The van der Waals surface area contributed by atoms with Gasteiger partial charge in [0.25, 0.3) is 0 Å². The number of rotatable bonds is 7. The molecule has 4 rings (SSSR count). The van der Waals surface area contributed by atoms with Gasteiger partial charge in [0.2, 0.25) is 5.91 Å². The van der Waals surface area contributed by atoms with Gasteiger partial charge < -0.3 is 14.6 Å². The van der Waals surface area contributed by atoms with Crippen LogP contribution in [0.5, 0.6) is 11.5 Å². The Kier molecular flexibility index (Phi) is 6.64. The quantitative estimate of drug-likeness (QED) is 0.626. The molecule has 0 saturated carbocycles. The highest BCUT2D eigenvalue weighted by molar-refractivity contribution is 5.93. The molecule has 0 aliphatic carbocycles. The van der Waals surface area contributed by atoms with Gasteiger partial charge in [-0.2, -0.15) is 0 Å². The van der Waals surface area contributed by atoms with Gasteiger partial charge in [-0.15, -0.1) is 0 Å². The number of para-hydroxylation sites is 2. The zero-order valence-electron chi connectivity index (χ0n) is 18.0. The molecule has 7 nitrogen and oxygen atoms in total. The third kappa shape index (κ3) is 5.93. The van der Waals surface area contributed by atoms with E-state index in [0.717, 1.165) is 49.9 Å². The van der Waals surface area contributed by atoms with E-state index >= 15 is 0 Å². The summed E-state index contributed by atoms with van der Waals surface area (Å²) in [6, 6.07) is 17.3. The van der Waals surface area contributed by atoms with Gasteiger partial charge in [-0.25, -0.2) is 0 Å². The average Bonchev–Trinajstić information content (AvgIpc) is 3.17. The molecule has 3 aromatic rings. The second-order valence-electron chi connectivity index (χ2n) is 7.95. The number of anilines is 1. The molecule has 1 aromatic heterocycles. The van der Waals surface area contributed by atoms with Crippen LogP contribution in [0.1, 0.15) is 17.0 Å². The topological polar surface area (TPSA) is 70.8 Å². The summed E-state index contributed by atoms with van der Waals surface area (Å²) >= 11 is 0. The molecule has 1 aliphatic rings. The maximum absolute atomic E-state index is 12.7. The predicted molar refractivity (Wildman–Crippen MR) is 119 cm³/mol. The number of benzene rings is 2. The normalized spacial score (nSPS) is 15.0. The number of nitrogens with zero attached hydrogens (tertiary/aromatic N) is 3. The Morgan fingerprint density at radius 3 is 2.45 bits per heavy atom. The summed E-state index contributed by atoms with van der Waals surface area (Å²) in [5, 5.41) is 6.94. The molecule has 7 heteroatoms. The molecule has 31 heavy (non-hydrogen) atoms. The Morgan fingerprint density at radius 2 is 1.74 bits per heavy atom. The summed E-state index contributed by atoms with van der Waals surface area (Å²) in [6.07, 6.45) is 0. The minimum absolute atomic E-state index is 0.0423. The highest BCUT2D eigenvalue weighted by Gasteiger charge is 2.20. The van der Waals surface area contributed by atoms with Crippen molar-refractivity contribution in [1.82, 2.24) is 15.0 Å². The Morgan fingerprint density at radius 1 is 1.03 bits per heavy atom. The fraction of sp³-hybridized carbons (Fsp3) is 0.333. The summed E-state index contributed by atoms with van der Waals surface area (Å²) in [5.74, 6) is 2.21. The molecule has 1 amide bonds. The van der Waals surface area contributed by atoms with Crippen LogP contribution in [0, 0.1) is 13.8 Å². The third-order valence-corrected chi connectivity index (χ3v) is 5.30. The number of ether oxygens (including phenoxy) is 1. The van der Waals surface area contributed by atoms with Crippen molar-refractivity contribution in [2.75, 3.05) is 38.0 Å². The lowest BCUT2D eigenvalue weighted by molar-refractivity contribution is -0.117. The van der Waals surface area contributed by atoms with Crippen molar-refractivity contribution in [3.05, 3.63) is 71.6 Å². The molecule has 0 bridgehead atoms. The second kappa shape index (κ2) is 9.76. The van der Waals surface area contributed by atoms with E-state index in [9.17, 15) is 4.79 Å². The van der Waals surface area contributed by atoms with E-state index in [1.165, 1.54) is 5.56 Å². The number of piperazine rings is 1. The first kappa shape index (κ1) is 21.1. The Labute approximate surface area is 182 Å². The number of aryl methyl sites for hydroxylation is 2. The minimum atomic E-state index is -0.0423. The maximum atomic E-state index is 12.7. The van der Waals surface area contributed by atoms with Crippen LogP contribution in [0.25, 0.3) is 0 Å². The molecule has 0 unspecified atom stereocenters.